The van der Waals surface area contributed by atoms with E-state index in [1.807, 2.05) is 60.7 Å². The topological polar surface area (TPSA) is 82.2 Å². The Labute approximate surface area is 133 Å². The Hall–Kier alpha value is -2.86. The van der Waals surface area contributed by atoms with Gasteiger partial charge in [-0.25, -0.2) is 9.80 Å². The fourth-order valence-electron chi connectivity index (χ4n) is 2.25. The SMILES string of the molecule is O=C(O)[C@@H]1O[C@@H]1C(=O)N(Cc1ccccc1)Nc1ccccc1. The van der Waals surface area contributed by atoms with Crippen molar-refractivity contribution in [3.63, 3.8) is 0 Å². The number of carbonyl (C=O) groups excluding carboxylic acids is 1. The fraction of sp³-hybridized carbons (Fsp3) is 0.176. The van der Waals surface area contributed by atoms with E-state index in [1.165, 1.54) is 5.01 Å². The van der Waals surface area contributed by atoms with Gasteiger partial charge in [0.2, 0.25) is 0 Å². The number of rotatable bonds is 6. The van der Waals surface area contributed by atoms with Crippen LogP contribution in [0.15, 0.2) is 60.7 Å². The molecule has 1 heterocycles. The van der Waals surface area contributed by atoms with E-state index < -0.39 is 24.1 Å². The van der Waals surface area contributed by atoms with E-state index in [1.54, 1.807) is 0 Å². The average molecular weight is 312 g/mol. The quantitative estimate of drug-likeness (QED) is 0.629. The van der Waals surface area contributed by atoms with Crippen LogP contribution in [0.5, 0.6) is 0 Å². The van der Waals surface area contributed by atoms with Gasteiger partial charge >= 0.3 is 5.97 Å². The number of aliphatic carboxylic acids is 1. The van der Waals surface area contributed by atoms with Crippen molar-refractivity contribution < 1.29 is 19.4 Å². The van der Waals surface area contributed by atoms with E-state index in [0.717, 1.165) is 11.3 Å². The molecule has 1 saturated heterocycles. The Morgan fingerprint density at radius 2 is 1.61 bits per heavy atom. The summed E-state index contributed by atoms with van der Waals surface area (Å²) in [6.45, 7) is 0.306. The molecule has 1 aliphatic heterocycles. The molecule has 0 saturated carbocycles. The minimum Gasteiger partial charge on any atom is -0.479 e. The maximum absolute atomic E-state index is 12.5. The van der Waals surface area contributed by atoms with Gasteiger partial charge in [-0.3, -0.25) is 10.2 Å². The van der Waals surface area contributed by atoms with Crippen LogP contribution in [0, 0.1) is 0 Å². The molecule has 1 aliphatic rings. The van der Waals surface area contributed by atoms with Gasteiger partial charge in [0.1, 0.15) is 0 Å². The van der Waals surface area contributed by atoms with Crippen molar-refractivity contribution in [2.45, 2.75) is 18.8 Å². The highest BCUT2D eigenvalue weighted by molar-refractivity contribution is 5.92. The summed E-state index contributed by atoms with van der Waals surface area (Å²) < 4.78 is 4.97. The smallest absolute Gasteiger partial charge is 0.336 e. The van der Waals surface area contributed by atoms with Crippen molar-refractivity contribution in [3.05, 3.63) is 66.2 Å². The van der Waals surface area contributed by atoms with Crippen LogP contribution < -0.4 is 5.43 Å². The number of ether oxygens (including phenoxy) is 1. The number of hydrogen-bond donors (Lipinski definition) is 2. The Balaban J connectivity index is 1.76. The number of hydrazine groups is 1. The summed E-state index contributed by atoms with van der Waals surface area (Å²) in [4.78, 5) is 23.4. The van der Waals surface area contributed by atoms with Gasteiger partial charge in [0.15, 0.2) is 12.2 Å². The molecular formula is C17H16N2O4. The van der Waals surface area contributed by atoms with Crippen molar-refractivity contribution in [1.82, 2.24) is 5.01 Å². The summed E-state index contributed by atoms with van der Waals surface area (Å²) in [5.41, 5.74) is 4.69. The van der Waals surface area contributed by atoms with Crippen molar-refractivity contribution in [1.29, 1.82) is 0 Å². The number of carboxylic acid groups (broad SMARTS) is 1. The van der Waals surface area contributed by atoms with Crippen LogP contribution in [-0.2, 0) is 20.9 Å². The van der Waals surface area contributed by atoms with E-state index in [4.69, 9.17) is 9.84 Å². The van der Waals surface area contributed by atoms with Crippen molar-refractivity contribution in [3.8, 4) is 0 Å². The Bertz CT molecular complexity index is 649. The van der Waals surface area contributed by atoms with E-state index in [2.05, 4.69) is 5.43 Å². The van der Waals surface area contributed by atoms with Gasteiger partial charge in [-0.15, -0.1) is 0 Å². The third kappa shape index (κ3) is 3.67. The first kappa shape index (κ1) is 15.1. The van der Waals surface area contributed by atoms with Gasteiger partial charge in [0, 0.05) is 0 Å². The fourth-order valence-corrected chi connectivity index (χ4v) is 2.25. The molecule has 3 rings (SSSR count). The summed E-state index contributed by atoms with van der Waals surface area (Å²) in [5, 5.41) is 10.3. The number of amides is 1. The molecular weight excluding hydrogens is 296 g/mol. The summed E-state index contributed by atoms with van der Waals surface area (Å²) in [7, 11) is 0. The summed E-state index contributed by atoms with van der Waals surface area (Å²) >= 11 is 0. The molecule has 0 radical (unpaired) electrons. The van der Waals surface area contributed by atoms with Crippen LogP contribution in [0.2, 0.25) is 0 Å². The number of benzene rings is 2. The molecule has 23 heavy (non-hydrogen) atoms. The lowest BCUT2D eigenvalue weighted by molar-refractivity contribution is -0.139. The molecule has 0 aromatic heterocycles. The lowest BCUT2D eigenvalue weighted by Gasteiger charge is -2.24. The third-order valence-electron chi connectivity index (χ3n) is 3.47. The highest BCUT2D eigenvalue weighted by Crippen LogP contribution is 2.25. The Morgan fingerprint density at radius 1 is 1.00 bits per heavy atom. The zero-order valence-corrected chi connectivity index (χ0v) is 12.3. The molecule has 6 nitrogen and oxygen atoms in total. The second kappa shape index (κ2) is 6.50. The van der Waals surface area contributed by atoms with E-state index in [0.29, 0.717) is 6.54 Å². The van der Waals surface area contributed by atoms with Crippen LogP contribution in [0.4, 0.5) is 5.69 Å². The molecule has 1 fully saturated rings. The maximum atomic E-state index is 12.5. The predicted molar refractivity (Wildman–Crippen MR) is 83.4 cm³/mol. The van der Waals surface area contributed by atoms with Crippen molar-refractivity contribution in [2.24, 2.45) is 0 Å². The highest BCUT2D eigenvalue weighted by Gasteiger charge is 2.52. The maximum Gasteiger partial charge on any atom is 0.336 e. The standard InChI is InChI=1S/C17H16N2O4/c20-16(14-15(23-14)17(21)22)19(11-12-7-3-1-4-8-12)18-13-9-5-2-6-10-13/h1-10,14-15,18H,11H2,(H,21,22)/t14-,15+/m0/s1. The van der Waals surface area contributed by atoms with Gasteiger partial charge in [-0.2, -0.15) is 0 Å². The van der Waals surface area contributed by atoms with Crippen LogP contribution in [-0.4, -0.2) is 34.2 Å². The molecule has 1 amide bonds. The van der Waals surface area contributed by atoms with Gasteiger partial charge in [-0.1, -0.05) is 48.5 Å². The number of carbonyl (C=O) groups is 2. The molecule has 2 N–H and O–H groups in total. The van der Waals surface area contributed by atoms with Crippen LogP contribution in [0.3, 0.4) is 0 Å². The van der Waals surface area contributed by atoms with Crippen molar-refractivity contribution in [2.75, 3.05) is 5.43 Å². The molecule has 0 bridgehead atoms. The lowest BCUT2D eigenvalue weighted by atomic mass is 10.2. The van der Waals surface area contributed by atoms with E-state index >= 15 is 0 Å². The number of epoxide rings is 1. The summed E-state index contributed by atoms with van der Waals surface area (Å²) in [6.07, 6.45) is -1.99. The first-order chi connectivity index (χ1) is 11.1. The molecule has 0 spiro atoms. The zero-order chi connectivity index (χ0) is 16.2. The van der Waals surface area contributed by atoms with Crippen LogP contribution >= 0.6 is 0 Å². The second-order valence-electron chi connectivity index (χ2n) is 5.20. The van der Waals surface area contributed by atoms with Gasteiger partial charge < -0.3 is 9.84 Å². The highest BCUT2D eigenvalue weighted by atomic mass is 16.6. The minimum absolute atomic E-state index is 0.306. The van der Waals surface area contributed by atoms with Crippen LogP contribution in [0.25, 0.3) is 0 Å². The van der Waals surface area contributed by atoms with Gasteiger partial charge in [0.25, 0.3) is 5.91 Å². The summed E-state index contributed by atoms with van der Waals surface area (Å²) in [6, 6.07) is 18.7. The zero-order valence-electron chi connectivity index (χ0n) is 12.3. The normalized spacial score (nSPS) is 19.0. The number of hydrogen-bond acceptors (Lipinski definition) is 4. The van der Waals surface area contributed by atoms with E-state index in [9.17, 15) is 9.59 Å². The predicted octanol–water partition coefficient (Wildman–Crippen LogP) is 1.89. The molecule has 118 valence electrons. The monoisotopic (exact) mass is 312 g/mol. The first-order valence-corrected chi connectivity index (χ1v) is 7.20. The molecule has 2 aromatic carbocycles. The first-order valence-electron chi connectivity index (χ1n) is 7.20. The van der Waals surface area contributed by atoms with Gasteiger partial charge in [0.05, 0.1) is 12.2 Å². The largest absolute Gasteiger partial charge is 0.479 e. The minimum atomic E-state index is -1.12. The molecule has 0 aliphatic carbocycles. The molecule has 2 aromatic rings. The van der Waals surface area contributed by atoms with E-state index in [-0.39, 0.29) is 0 Å². The molecule has 2 atom stereocenters. The Morgan fingerprint density at radius 3 is 2.17 bits per heavy atom. The van der Waals surface area contributed by atoms with Gasteiger partial charge in [-0.05, 0) is 17.7 Å². The number of anilines is 1. The van der Waals surface area contributed by atoms with Crippen LogP contribution in [0.1, 0.15) is 5.56 Å². The third-order valence-corrected chi connectivity index (χ3v) is 3.47. The lowest BCUT2D eigenvalue weighted by Crippen LogP contribution is -2.39. The average Bonchev–Trinajstić information content (AvgIpc) is 3.36. The summed E-state index contributed by atoms with van der Waals surface area (Å²) in [5.74, 6) is -1.52. The number of para-hydroxylation sites is 1. The molecule has 0 unspecified atom stereocenters. The number of carboxylic acids is 1. The van der Waals surface area contributed by atoms with Crippen molar-refractivity contribution >= 4 is 17.6 Å². The Kier molecular flexibility index (Phi) is 4.25. The second-order valence-corrected chi connectivity index (χ2v) is 5.20. The molecule has 6 heteroatoms. The number of nitrogens with one attached hydrogen (secondary N) is 1. The number of nitrogens with zero attached hydrogens (tertiary/aromatic N) is 1.